The number of amides is 2. The molecular formula is C29H35ClN4O3. The number of nitrogens with zero attached hydrogens (tertiary/aromatic N) is 3. The number of halogens is 1. The molecule has 3 aromatic rings. The molecule has 2 aromatic carbocycles. The number of likely N-dealkylation sites (tertiary alicyclic amines) is 1. The van der Waals surface area contributed by atoms with Gasteiger partial charge in [0.05, 0.1) is 23.1 Å². The number of aryl methyl sites for hydroxylation is 2. The number of para-hydroxylation sites is 1. The lowest BCUT2D eigenvalue weighted by molar-refractivity contribution is 0.0203. The van der Waals surface area contributed by atoms with E-state index in [4.69, 9.17) is 21.4 Å². The Morgan fingerprint density at radius 3 is 2.35 bits per heavy atom. The van der Waals surface area contributed by atoms with Crippen LogP contribution in [0.15, 0.2) is 48.7 Å². The summed E-state index contributed by atoms with van der Waals surface area (Å²) in [5.41, 5.74) is 4.98. The average molecular weight is 523 g/mol. The molecule has 4 rings (SSSR count). The molecule has 0 bridgehead atoms. The number of aromatic nitrogens is 2. The lowest BCUT2D eigenvalue weighted by atomic mass is 9.90. The standard InChI is InChI=1S/C29H35ClN4O3/c1-19-8-6-9-20(2)25(19)34-26(22-12-14-33(15-13-22)28(36)37-29(3,4)5)24(18-32-34)27(35)31-17-21-10-7-11-23(30)16-21/h6-11,16,18,22H,12-15,17H2,1-5H3,(H,31,35). The average Bonchev–Trinajstić information content (AvgIpc) is 3.26. The van der Waals surface area contributed by atoms with E-state index in [1.807, 2.05) is 55.8 Å². The van der Waals surface area contributed by atoms with Gasteiger partial charge < -0.3 is 15.0 Å². The van der Waals surface area contributed by atoms with Gasteiger partial charge in [-0.2, -0.15) is 5.10 Å². The largest absolute Gasteiger partial charge is 0.444 e. The van der Waals surface area contributed by atoms with Crippen LogP contribution in [-0.2, 0) is 11.3 Å². The molecule has 0 radical (unpaired) electrons. The summed E-state index contributed by atoms with van der Waals surface area (Å²) >= 11 is 6.11. The molecule has 1 fully saturated rings. The summed E-state index contributed by atoms with van der Waals surface area (Å²) < 4.78 is 7.49. The number of carbonyl (C=O) groups excluding carboxylic acids is 2. The first-order chi connectivity index (χ1) is 17.5. The molecule has 7 nitrogen and oxygen atoms in total. The second kappa shape index (κ2) is 11.0. The Labute approximate surface area is 223 Å². The number of piperidine rings is 1. The Morgan fingerprint density at radius 1 is 1.08 bits per heavy atom. The minimum Gasteiger partial charge on any atom is -0.444 e. The Bertz CT molecular complexity index is 1270. The molecule has 196 valence electrons. The van der Waals surface area contributed by atoms with Crippen LogP contribution in [0.4, 0.5) is 4.79 Å². The zero-order valence-corrected chi connectivity index (χ0v) is 22.9. The second-order valence-electron chi connectivity index (χ2n) is 10.6. The predicted molar refractivity (Wildman–Crippen MR) is 145 cm³/mol. The maximum absolute atomic E-state index is 13.4. The van der Waals surface area contributed by atoms with E-state index >= 15 is 0 Å². The SMILES string of the molecule is Cc1cccc(C)c1-n1ncc(C(=O)NCc2cccc(Cl)c2)c1C1CCN(C(=O)OC(C)(C)C)CC1. The maximum atomic E-state index is 13.4. The van der Waals surface area contributed by atoms with E-state index < -0.39 is 5.60 Å². The van der Waals surface area contributed by atoms with Gasteiger partial charge in [0.15, 0.2) is 0 Å². The van der Waals surface area contributed by atoms with E-state index in [1.54, 1.807) is 11.1 Å². The van der Waals surface area contributed by atoms with Gasteiger partial charge in [0, 0.05) is 30.6 Å². The Hall–Kier alpha value is -3.32. The number of hydrogen-bond acceptors (Lipinski definition) is 4. The zero-order valence-electron chi connectivity index (χ0n) is 22.2. The molecule has 0 saturated carbocycles. The highest BCUT2D eigenvalue weighted by atomic mass is 35.5. The van der Waals surface area contributed by atoms with Crippen molar-refractivity contribution in [2.45, 2.75) is 65.5 Å². The van der Waals surface area contributed by atoms with Crippen molar-refractivity contribution in [2.24, 2.45) is 0 Å². The van der Waals surface area contributed by atoms with Crippen LogP contribution >= 0.6 is 11.6 Å². The Morgan fingerprint density at radius 2 is 1.73 bits per heavy atom. The number of carbonyl (C=O) groups is 2. The van der Waals surface area contributed by atoms with Gasteiger partial charge in [0.25, 0.3) is 5.91 Å². The fraction of sp³-hybridized carbons (Fsp3) is 0.414. The Balaban J connectivity index is 1.61. The summed E-state index contributed by atoms with van der Waals surface area (Å²) in [6.07, 6.45) is 2.79. The highest BCUT2D eigenvalue weighted by molar-refractivity contribution is 6.30. The van der Waals surface area contributed by atoms with E-state index in [-0.39, 0.29) is 17.9 Å². The van der Waals surface area contributed by atoms with E-state index in [9.17, 15) is 9.59 Å². The molecule has 2 amide bonds. The van der Waals surface area contributed by atoms with Gasteiger partial charge in [-0.05, 0) is 76.3 Å². The summed E-state index contributed by atoms with van der Waals surface area (Å²) in [6.45, 7) is 11.2. The normalized spacial score (nSPS) is 14.5. The minimum atomic E-state index is -0.539. The Kier molecular flexibility index (Phi) is 7.93. The van der Waals surface area contributed by atoms with Crippen LogP contribution in [0.2, 0.25) is 5.02 Å². The van der Waals surface area contributed by atoms with Crippen LogP contribution in [0.3, 0.4) is 0 Å². The van der Waals surface area contributed by atoms with Crippen LogP contribution < -0.4 is 5.32 Å². The zero-order chi connectivity index (χ0) is 26.7. The third-order valence-electron chi connectivity index (χ3n) is 6.58. The second-order valence-corrected chi connectivity index (χ2v) is 11.1. The van der Waals surface area contributed by atoms with Gasteiger partial charge in [-0.3, -0.25) is 4.79 Å². The summed E-state index contributed by atoms with van der Waals surface area (Å²) in [6, 6.07) is 13.6. The molecule has 0 spiro atoms. The summed E-state index contributed by atoms with van der Waals surface area (Å²) in [7, 11) is 0. The van der Waals surface area contributed by atoms with Gasteiger partial charge in [-0.1, -0.05) is 41.9 Å². The first kappa shape index (κ1) is 26.7. The van der Waals surface area contributed by atoms with Crippen molar-refractivity contribution in [1.82, 2.24) is 20.0 Å². The summed E-state index contributed by atoms with van der Waals surface area (Å²) in [5.74, 6) is -0.117. The van der Waals surface area contributed by atoms with Crippen LogP contribution in [-0.4, -0.2) is 45.4 Å². The van der Waals surface area contributed by atoms with Crippen LogP contribution in [0.25, 0.3) is 5.69 Å². The number of ether oxygens (including phenoxy) is 1. The van der Waals surface area contributed by atoms with Crippen molar-refractivity contribution in [3.8, 4) is 5.69 Å². The molecule has 1 aromatic heterocycles. The van der Waals surface area contributed by atoms with E-state index in [0.717, 1.165) is 28.1 Å². The number of rotatable bonds is 5. The molecule has 1 aliphatic rings. The molecule has 2 heterocycles. The lowest BCUT2D eigenvalue weighted by Gasteiger charge is -2.34. The molecule has 1 saturated heterocycles. The molecule has 1 aliphatic heterocycles. The van der Waals surface area contributed by atoms with Crippen LogP contribution in [0, 0.1) is 13.8 Å². The first-order valence-corrected chi connectivity index (χ1v) is 13.1. The smallest absolute Gasteiger partial charge is 0.410 e. The van der Waals surface area contributed by atoms with Gasteiger partial charge in [-0.15, -0.1) is 0 Å². The van der Waals surface area contributed by atoms with Crippen LogP contribution in [0.5, 0.6) is 0 Å². The van der Waals surface area contributed by atoms with Crippen molar-refractivity contribution in [1.29, 1.82) is 0 Å². The predicted octanol–water partition coefficient (Wildman–Crippen LogP) is 6.19. The highest BCUT2D eigenvalue weighted by Gasteiger charge is 2.32. The summed E-state index contributed by atoms with van der Waals surface area (Å²) in [4.78, 5) is 27.8. The van der Waals surface area contributed by atoms with Gasteiger partial charge in [0.2, 0.25) is 0 Å². The van der Waals surface area contributed by atoms with Crippen molar-refractivity contribution in [2.75, 3.05) is 13.1 Å². The first-order valence-electron chi connectivity index (χ1n) is 12.7. The molecule has 0 unspecified atom stereocenters. The summed E-state index contributed by atoms with van der Waals surface area (Å²) in [5, 5.41) is 8.37. The fourth-order valence-electron chi connectivity index (χ4n) is 4.83. The van der Waals surface area contributed by atoms with Crippen molar-refractivity contribution in [3.63, 3.8) is 0 Å². The number of hydrogen-bond donors (Lipinski definition) is 1. The van der Waals surface area contributed by atoms with Crippen LogP contribution in [0.1, 0.15) is 72.3 Å². The molecule has 8 heteroatoms. The van der Waals surface area contributed by atoms with Crippen molar-refractivity contribution >= 4 is 23.6 Å². The number of benzene rings is 2. The molecule has 37 heavy (non-hydrogen) atoms. The molecule has 0 atom stereocenters. The van der Waals surface area contributed by atoms with E-state index in [0.29, 0.717) is 43.1 Å². The fourth-order valence-corrected chi connectivity index (χ4v) is 5.04. The van der Waals surface area contributed by atoms with E-state index in [1.165, 1.54) is 0 Å². The maximum Gasteiger partial charge on any atom is 0.410 e. The lowest BCUT2D eigenvalue weighted by Crippen LogP contribution is -2.41. The topological polar surface area (TPSA) is 76.5 Å². The van der Waals surface area contributed by atoms with Gasteiger partial charge >= 0.3 is 6.09 Å². The van der Waals surface area contributed by atoms with Gasteiger partial charge in [0.1, 0.15) is 5.60 Å². The monoisotopic (exact) mass is 522 g/mol. The quantitative estimate of drug-likeness (QED) is 0.433. The third-order valence-corrected chi connectivity index (χ3v) is 6.81. The highest BCUT2D eigenvalue weighted by Crippen LogP contribution is 2.34. The molecule has 1 N–H and O–H groups in total. The molecule has 0 aliphatic carbocycles. The van der Waals surface area contributed by atoms with Crippen molar-refractivity contribution in [3.05, 3.63) is 81.6 Å². The minimum absolute atomic E-state index is 0.0621. The third kappa shape index (κ3) is 6.34. The van der Waals surface area contributed by atoms with E-state index in [2.05, 4.69) is 31.3 Å². The van der Waals surface area contributed by atoms with Gasteiger partial charge in [-0.25, -0.2) is 9.48 Å². The molecular weight excluding hydrogens is 488 g/mol. The number of nitrogens with one attached hydrogen (secondary N) is 1. The van der Waals surface area contributed by atoms with Crippen molar-refractivity contribution < 1.29 is 14.3 Å².